The van der Waals surface area contributed by atoms with E-state index in [1.807, 2.05) is 6.92 Å². The lowest BCUT2D eigenvalue weighted by Crippen LogP contribution is -2.57. The average Bonchev–Trinajstić information content (AvgIpc) is 2.19. The molecule has 3 heteroatoms. The molecule has 0 aromatic heterocycles. The number of amides is 1. The number of carbonyl (C=O) groups is 1. The topological polar surface area (TPSA) is 32.3 Å². The molecule has 0 aromatic rings. The van der Waals surface area contributed by atoms with Gasteiger partial charge in [-0.15, -0.1) is 0 Å². The van der Waals surface area contributed by atoms with Crippen molar-refractivity contribution in [1.82, 2.24) is 10.2 Å². The Hall–Kier alpha value is -0.830. The lowest BCUT2D eigenvalue weighted by molar-refractivity contribution is -0.118. The van der Waals surface area contributed by atoms with E-state index >= 15 is 0 Å². The van der Waals surface area contributed by atoms with Gasteiger partial charge in [-0.3, -0.25) is 4.79 Å². The SMILES string of the molecule is CC=CC(=O)NC1CN2CCC1CC2. The van der Waals surface area contributed by atoms with Crippen LogP contribution in [0.15, 0.2) is 12.2 Å². The minimum Gasteiger partial charge on any atom is -0.348 e. The van der Waals surface area contributed by atoms with Crippen LogP contribution in [0.2, 0.25) is 0 Å². The van der Waals surface area contributed by atoms with E-state index in [9.17, 15) is 4.79 Å². The van der Waals surface area contributed by atoms with Crippen molar-refractivity contribution in [3.05, 3.63) is 12.2 Å². The van der Waals surface area contributed by atoms with E-state index in [1.54, 1.807) is 12.2 Å². The average molecular weight is 194 g/mol. The molecule has 3 rings (SSSR count). The largest absolute Gasteiger partial charge is 0.348 e. The van der Waals surface area contributed by atoms with Crippen LogP contribution >= 0.6 is 0 Å². The van der Waals surface area contributed by atoms with Crippen molar-refractivity contribution in [1.29, 1.82) is 0 Å². The Balaban J connectivity index is 1.89. The number of piperidine rings is 3. The molecular weight excluding hydrogens is 176 g/mol. The van der Waals surface area contributed by atoms with Crippen LogP contribution in [-0.4, -0.2) is 36.5 Å². The first-order valence-corrected chi connectivity index (χ1v) is 5.45. The summed E-state index contributed by atoms with van der Waals surface area (Å²) in [5, 5.41) is 3.08. The summed E-state index contributed by atoms with van der Waals surface area (Å²) >= 11 is 0. The maximum atomic E-state index is 11.4. The first kappa shape index (κ1) is 9.71. The van der Waals surface area contributed by atoms with Gasteiger partial charge in [0.2, 0.25) is 5.91 Å². The minimum atomic E-state index is 0.0613. The maximum Gasteiger partial charge on any atom is 0.243 e. The van der Waals surface area contributed by atoms with Crippen LogP contribution in [-0.2, 0) is 4.79 Å². The van der Waals surface area contributed by atoms with Gasteiger partial charge in [-0.1, -0.05) is 6.08 Å². The number of carbonyl (C=O) groups excluding carboxylic acids is 1. The van der Waals surface area contributed by atoms with Gasteiger partial charge in [0.1, 0.15) is 0 Å². The van der Waals surface area contributed by atoms with Crippen LogP contribution in [0.1, 0.15) is 19.8 Å². The van der Waals surface area contributed by atoms with Crippen molar-refractivity contribution in [2.45, 2.75) is 25.8 Å². The molecule has 0 radical (unpaired) electrons. The molecule has 1 N–H and O–H groups in total. The van der Waals surface area contributed by atoms with Crippen molar-refractivity contribution in [2.75, 3.05) is 19.6 Å². The summed E-state index contributed by atoms with van der Waals surface area (Å²) in [6.45, 7) is 5.37. The molecule has 1 unspecified atom stereocenters. The van der Waals surface area contributed by atoms with Crippen LogP contribution in [0.5, 0.6) is 0 Å². The quantitative estimate of drug-likeness (QED) is 0.659. The Kier molecular flexibility index (Phi) is 2.87. The Morgan fingerprint density at radius 1 is 1.43 bits per heavy atom. The molecule has 3 nitrogen and oxygen atoms in total. The fourth-order valence-corrected chi connectivity index (χ4v) is 2.51. The summed E-state index contributed by atoms with van der Waals surface area (Å²) in [7, 11) is 0. The smallest absolute Gasteiger partial charge is 0.243 e. The number of fused-ring (bicyclic) bond motifs is 3. The fraction of sp³-hybridized carbons (Fsp3) is 0.727. The van der Waals surface area contributed by atoms with E-state index in [1.165, 1.54) is 25.9 Å². The van der Waals surface area contributed by atoms with E-state index in [2.05, 4.69) is 10.2 Å². The second-order valence-corrected chi connectivity index (χ2v) is 4.25. The first-order valence-electron chi connectivity index (χ1n) is 5.45. The summed E-state index contributed by atoms with van der Waals surface area (Å²) in [4.78, 5) is 13.8. The van der Waals surface area contributed by atoms with Crippen LogP contribution < -0.4 is 5.32 Å². The molecule has 3 aliphatic rings. The highest BCUT2D eigenvalue weighted by Crippen LogP contribution is 2.27. The standard InChI is InChI=1S/C11H18N2O/c1-2-3-11(14)12-10-8-13-6-4-9(10)5-7-13/h2-3,9-10H,4-8H2,1H3,(H,12,14). The summed E-state index contributed by atoms with van der Waals surface area (Å²) in [5.74, 6) is 0.778. The number of nitrogens with zero attached hydrogens (tertiary/aromatic N) is 1. The maximum absolute atomic E-state index is 11.4. The van der Waals surface area contributed by atoms with Crippen molar-refractivity contribution in [3.8, 4) is 0 Å². The third-order valence-electron chi connectivity index (χ3n) is 3.30. The van der Waals surface area contributed by atoms with Gasteiger partial charge >= 0.3 is 0 Å². The summed E-state index contributed by atoms with van der Waals surface area (Å²) in [6.07, 6.45) is 5.90. The van der Waals surface area contributed by atoms with Gasteiger partial charge in [0.15, 0.2) is 0 Å². The summed E-state index contributed by atoms with van der Waals surface area (Å²) in [5.41, 5.74) is 0. The van der Waals surface area contributed by atoms with Crippen molar-refractivity contribution in [3.63, 3.8) is 0 Å². The van der Waals surface area contributed by atoms with Crippen LogP contribution in [0.3, 0.4) is 0 Å². The highest BCUT2D eigenvalue weighted by Gasteiger charge is 2.34. The first-order chi connectivity index (χ1) is 6.79. The normalized spacial score (nSPS) is 36.2. The lowest BCUT2D eigenvalue weighted by Gasteiger charge is -2.44. The zero-order valence-electron chi connectivity index (χ0n) is 8.70. The third-order valence-corrected chi connectivity index (χ3v) is 3.30. The molecule has 14 heavy (non-hydrogen) atoms. The van der Waals surface area contributed by atoms with Crippen LogP contribution in [0, 0.1) is 5.92 Å². The Morgan fingerprint density at radius 2 is 2.14 bits per heavy atom. The number of rotatable bonds is 2. The molecule has 0 aromatic carbocycles. The van der Waals surface area contributed by atoms with Crippen molar-refractivity contribution >= 4 is 5.91 Å². The number of hydrogen-bond acceptors (Lipinski definition) is 2. The predicted octanol–water partition coefficient (Wildman–Crippen LogP) is 0.773. The third kappa shape index (κ3) is 1.98. The number of nitrogens with one attached hydrogen (secondary N) is 1. The zero-order chi connectivity index (χ0) is 9.97. The number of hydrogen-bond donors (Lipinski definition) is 1. The molecule has 78 valence electrons. The van der Waals surface area contributed by atoms with Crippen molar-refractivity contribution < 1.29 is 4.79 Å². The second kappa shape index (κ2) is 4.13. The van der Waals surface area contributed by atoms with Crippen LogP contribution in [0.25, 0.3) is 0 Å². The molecule has 3 saturated heterocycles. The Bertz CT molecular complexity index is 242. The molecule has 0 aliphatic carbocycles. The fourth-order valence-electron chi connectivity index (χ4n) is 2.51. The molecule has 1 atom stereocenters. The van der Waals surface area contributed by atoms with Gasteiger partial charge in [-0.25, -0.2) is 0 Å². The molecule has 3 aliphatic heterocycles. The van der Waals surface area contributed by atoms with E-state index in [-0.39, 0.29) is 5.91 Å². The predicted molar refractivity (Wildman–Crippen MR) is 55.9 cm³/mol. The van der Waals surface area contributed by atoms with Crippen molar-refractivity contribution in [2.24, 2.45) is 5.92 Å². The van der Waals surface area contributed by atoms with Gasteiger partial charge in [-0.2, -0.15) is 0 Å². The van der Waals surface area contributed by atoms with Gasteiger partial charge in [0, 0.05) is 12.6 Å². The second-order valence-electron chi connectivity index (χ2n) is 4.25. The summed E-state index contributed by atoms with van der Waals surface area (Å²) in [6, 6.07) is 0.390. The monoisotopic (exact) mass is 194 g/mol. The highest BCUT2D eigenvalue weighted by molar-refractivity contribution is 5.87. The highest BCUT2D eigenvalue weighted by atomic mass is 16.1. The zero-order valence-corrected chi connectivity index (χ0v) is 8.70. The van der Waals surface area contributed by atoms with E-state index < -0.39 is 0 Å². The van der Waals surface area contributed by atoms with E-state index in [0.29, 0.717) is 12.0 Å². The molecule has 0 spiro atoms. The van der Waals surface area contributed by atoms with E-state index in [4.69, 9.17) is 0 Å². The van der Waals surface area contributed by atoms with E-state index in [0.717, 1.165) is 6.54 Å². The van der Waals surface area contributed by atoms with Gasteiger partial charge < -0.3 is 10.2 Å². The Labute approximate surface area is 85.2 Å². The molecular formula is C11H18N2O. The molecule has 3 fully saturated rings. The molecule has 0 saturated carbocycles. The minimum absolute atomic E-state index is 0.0613. The van der Waals surface area contributed by atoms with Gasteiger partial charge in [0.05, 0.1) is 0 Å². The molecule has 2 bridgehead atoms. The van der Waals surface area contributed by atoms with Gasteiger partial charge in [-0.05, 0) is 44.8 Å². The lowest BCUT2D eigenvalue weighted by atomic mass is 9.84. The number of allylic oxidation sites excluding steroid dienone is 1. The molecule has 3 heterocycles. The summed E-state index contributed by atoms with van der Waals surface area (Å²) < 4.78 is 0. The Morgan fingerprint density at radius 3 is 2.64 bits per heavy atom. The molecule has 1 amide bonds. The van der Waals surface area contributed by atoms with Crippen LogP contribution in [0.4, 0.5) is 0 Å². The van der Waals surface area contributed by atoms with Gasteiger partial charge in [0.25, 0.3) is 0 Å².